The van der Waals surface area contributed by atoms with Crippen LogP contribution in [-0.2, 0) is 12.4 Å². The first-order chi connectivity index (χ1) is 9.24. The summed E-state index contributed by atoms with van der Waals surface area (Å²) in [5.41, 5.74) is 4.76. The van der Waals surface area contributed by atoms with Crippen LogP contribution in [-0.4, -0.2) is 11.5 Å². The summed E-state index contributed by atoms with van der Waals surface area (Å²) in [6.07, 6.45) is 1.84. The minimum atomic E-state index is 0.563. The summed E-state index contributed by atoms with van der Waals surface area (Å²) in [6, 6.07) is 12.4. The van der Waals surface area contributed by atoms with Crippen LogP contribution in [0.25, 0.3) is 0 Å². The second-order valence-electron chi connectivity index (χ2n) is 4.59. The van der Waals surface area contributed by atoms with E-state index in [1.54, 1.807) is 0 Å². The Labute approximate surface area is 120 Å². The molecule has 0 fully saturated rings. The Balaban J connectivity index is 2.22. The van der Waals surface area contributed by atoms with E-state index in [0.29, 0.717) is 5.88 Å². The largest absolute Gasteiger partial charge is 0.366 e. The van der Waals surface area contributed by atoms with Crippen molar-refractivity contribution in [2.75, 3.05) is 11.4 Å². The van der Waals surface area contributed by atoms with Crippen molar-refractivity contribution < 1.29 is 0 Å². The summed E-state index contributed by atoms with van der Waals surface area (Å²) in [4.78, 5) is 6.72. The molecule has 2 rings (SSSR count). The van der Waals surface area contributed by atoms with Gasteiger partial charge >= 0.3 is 0 Å². The Bertz CT molecular complexity index is 526. The highest BCUT2D eigenvalue weighted by atomic mass is 35.5. The molecule has 0 N–H and O–H groups in total. The number of hydrogen-bond acceptors (Lipinski definition) is 2. The molecule has 0 saturated heterocycles. The molecule has 0 aliphatic heterocycles. The molecule has 1 aromatic carbocycles. The monoisotopic (exact) mass is 274 g/mol. The van der Waals surface area contributed by atoms with Gasteiger partial charge in [-0.3, -0.25) is 4.98 Å². The molecule has 0 amide bonds. The highest BCUT2D eigenvalue weighted by Crippen LogP contribution is 2.23. The number of pyridine rings is 1. The summed E-state index contributed by atoms with van der Waals surface area (Å²) in [5, 5.41) is 0. The maximum Gasteiger partial charge on any atom is 0.0601 e. The minimum Gasteiger partial charge on any atom is -0.366 e. The molecule has 0 unspecified atom stereocenters. The average molecular weight is 275 g/mol. The predicted octanol–water partition coefficient (Wildman–Crippen LogP) is 4.16. The Morgan fingerprint density at radius 2 is 2.05 bits per heavy atom. The van der Waals surface area contributed by atoms with Crippen LogP contribution in [0.2, 0.25) is 0 Å². The van der Waals surface area contributed by atoms with E-state index >= 15 is 0 Å². The number of hydrogen-bond donors (Lipinski definition) is 0. The van der Waals surface area contributed by atoms with Crippen molar-refractivity contribution in [1.29, 1.82) is 0 Å². The van der Waals surface area contributed by atoms with E-state index in [4.69, 9.17) is 11.6 Å². The van der Waals surface area contributed by atoms with Crippen molar-refractivity contribution in [2.24, 2.45) is 0 Å². The van der Waals surface area contributed by atoms with E-state index in [9.17, 15) is 0 Å². The van der Waals surface area contributed by atoms with Gasteiger partial charge in [-0.1, -0.05) is 18.2 Å². The second-order valence-corrected chi connectivity index (χ2v) is 4.86. The smallest absolute Gasteiger partial charge is 0.0601 e. The standard InChI is InChI=1S/C16H19ClN2/c1-3-19(12-15-6-4-5-9-18-15)16-8-7-14(11-17)10-13(16)2/h4-10H,3,11-12H2,1-2H3. The maximum absolute atomic E-state index is 5.87. The lowest BCUT2D eigenvalue weighted by molar-refractivity contribution is 0.806. The highest BCUT2D eigenvalue weighted by molar-refractivity contribution is 6.17. The van der Waals surface area contributed by atoms with E-state index < -0.39 is 0 Å². The van der Waals surface area contributed by atoms with Crippen molar-refractivity contribution in [2.45, 2.75) is 26.3 Å². The molecule has 3 heteroatoms. The van der Waals surface area contributed by atoms with Crippen molar-refractivity contribution >= 4 is 17.3 Å². The van der Waals surface area contributed by atoms with Crippen molar-refractivity contribution in [1.82, 2.24) is 4.98 Å². The third-order valence-corrected chi connectivity index (χ3v) is 3.53. The fourth-order valence-corrected chi connectivity index (χ4v) is 2.38. The molecule has 0 spiro atoms. The molecule has 0 radical (unpaired) electrons. The second kappa shape index (κ2) is 6.58. The first kappa shape index (κ1) is 13.9. The van der Waals surface area contributed by atoms with Gasteiger partial charge in [0.2, 0.25) is 0 Å². The summed E-state index contributed by atoms with van der Waals surface area (Å²) < 4.78 is 0. The molecule has 0 saturated carbocycles. The molecule has 2 aromatic rings. The van der Waals surface area contributed by atoms with Crippen LogP contribution >= 0.6 is 11.6 Å². The Hall–Kier alpha value is -1.54. The van der Waals surface area contributed by atoms with Crippen molar-refractivity contribution in [3.05, 3.63) is 59.4 Å². The average Bonchev–Trinajstić information content (AvgIpc) is 2.46. The third-order valence-electron chi connectivity index (χ3n) is 3.22. The number of rotatable bonds is 5. The molecular weight excluding hydrogens is 256 g/mol. The molecule has 0 aliphatic rings. The summed E-state index contributed by atoms with van der Waals surface area (Å²) in [6.45, 7) is 6.08. The maximum atomic E-state index is 5.87. The summed E-state index contributed by atoms with van der Waals surface area (Å²) in [7, 11) is 0. The minimum absolute atomic E-state index is 0.563. The zero-order chi connectivity index (χ0) is 13.7. The number of nitrogens with zero attached hydrogens (tertiary/aromatic N) is 2. The first-order valence-electron chi connectivity index (χ1n) is 6.55. The van der Waals surface area contributed by atoms with Crippen LogP contribution in [0.5, 0.6) is 0 Å². The topological polar surface area (TPSA) is 16.1 Å². The van der Waals surface area contributed by atoms with Gasteiger partial charge in [0.25, 0.3) is 0 Å². The van der Waals surface area contributed by atoms with E-state index in [0.717, 1.165) is 24.3 Å². The molecular formula is C16H19ClN2. The van der Waals surface area contributed by atoms with E-state index in [1.165, 1.54) is 11.3 Å². The van der Waals surface area contributed by atoms with Crippen LogP contribution < -0.4 is 4.90 Å². The summed E-state index contributed by atoms with van der Waals surface area (Å²) in [5.74, 6) is 0.563. The van der Waals surface area contributed by atoms with Gasteiger partial charge in [0.05, 0.1) is 12.2 Å². The molecule has 0 bridgehead atoms. The molecule has 1 heterocycles. The van der Waals surface area contributed by atoms with Gasteiger partial charge in [-0.2, -0.15) is 0 Å². The SMILES string of the molecule is CCN(Cc1ccccn1)c1ccc(CCl)cc1C. The zero-order valence-corrected chi connectivity index (χ0v) is 12.2. The fourth-order valence-electron chi connectivity index (χ4n) is 2.21. The molecule has 0 aliphatic carbocycles. The molecule has 0 atom stereocenters. The molecule has 19 heavy (non-hydrogen) atoms. The molecule has 1 aromatic heterocycles. The van der Waals surface area contributed by atoms with E-state index in [2.05, 4.69) is 48.0 Å². The number of benzene rings is 1. The van der Waals surface area contributed by atoms with E-state index in [-0.39, 0.29) is 0 Å². The lowest BCUT2D eigenvalue weighted by atomic mass is 10.1. The molecule has 100 valence electrons. The van der Waals surface area contributed by atoms with Crippen LogP contribution in [0.3, 0.4) is 0 Å². The van der Waals surface area contributed by atoms with Crippen molar-refractivity contribution in [3.63, 3.8) is 0 Å². The zero-order valence-electron chi connectivity index (χ0n) is 11.4. The van der Waals surface area contributed by atoms with Crippen LogP contribution in [0.4, 0.5) is 5.69 Å². The lowest BCUT2D eigenvalue weighted by Gasteiger charge is -2.25. The number of alkyl halides is 1. The molecule has 2 nitrogen and oxygen atoms in total. The van der Waals surface area contributed by atoms with Gasteiger partial charge in [-0.15, -0.1) is 11.6 Å². The van der Waals surface area contributed by atoms with Gasteiger partial charge in [0, 0.05) is 24.3 Å². The van der Waals surface area contributed by atoms with Gasteiger partial charge in [0.1, 0.15) is 0 Å². The predicted molar refractivity (Wildman–Crippen MR) is 81.7 cm³/mol. The van der Waals surface area contributed by atoms with Gasteiger partial charge in [0.15, 0.2) is 0 Å². The summed E-state index contributed by atoms with van der Waals surface area (Å²) >= 11 is 5.87. The first-order valence-corrected chi connectivity index (χ1v) is 7.08. The number of anilines is 1. The fraction of sp³-hybridized carbons (Fsp3) is 0.312. The van der Waals surface area contributed by atoms with Gasteiger partial charge in [-0.05, 0) is 43.2 Å². The number of halogens is 1. The Morgan fingerprint density at radius 3 is 2.63 bits per heavy atom. The quantitative estimate of drug-likeness (QED) is 0.761. The van der Waals surface area contributed by atoms with Crippen LogP contribution in [0.15, 0.2) is 42.6 Å². The Kier molecular flexibility index (Phi) is 4.80. The highest BCUT2D eigenvalue weighted by Gasteiger charge is 2.09. The van der Waals surface area contributed by atoms with Crippen molar-refractivity contribution in [3.8, 4) is 0 Å². The Morgan fingerprint density at radius 1 is 1.21 bits per heavy atom. The number of aromatic nitrogens is 1. The number of aryl methyl sites for hydroxylation is 1. The lowest BCUT2D eigenvalue weighted by Crippen LogP contribution is -2.23. The normalized spacial score (nSPS) is 10.5. The van der Waals surface area contributed by atoms with Gasteiger partial charge in [-0.25, -0.2) is 0 Å². The third kappa shape index (κ3) is 3.48. The van der Waals surface area contributed by atoms with E-state index in [1.807, 2.05) is 18.3 Å². The van der Waals surface area contributed by atoms with Crippen LogP contribution in [0, 0.1) is 6.92 Å². The van der Waals surface area contributed by atoms with Gasteiger partial charge < -0.3 is 4.90 Å². The van der Waals surface area contributed by atoms with Crippen LogP contribution in [0.1, 0.15) is 23.7 Å².